The van der Waals surface area contributed by atoms with Gasteiger partial charge >= 0.3 is 0 Å². The normalized spacial score (nSPS) is 11.8. The minimum absolute atomic E-state index is 0.0302. The van der Waals surface area contributed by atoms with E-state index in [0.29, 0.717) is 17.2 Å². The molecule has 1 unspecified atom stereocenters. The van der Waals surface area contributed by atoms with E-state index in [0.717, 1.165) is 17.7 Å². The second-order valence-electron chi connectivity index (χ2n) is 6.32. The van der Waals surface area contributed by atoms with Gasteiger partial charge in [-0.1, -0.05) is 44.2 Å². The van der Waals surface area contributed by atoms with E-state index in [1.54, 1.807) is 24.3 Å². The van der Waals surface area contributed by atoms with Crippen LogP contribution in [0.4, 0.5) is 11.4 Å². The number of nitro benzene ring substituents is 1. The summed E-state index contributed by atoms with van der Waals surface area (Å²) < 4.78 is 5.63. The van der Waals surface area contributed by atoms with Gasteiger partial charge in [0.25, 0.3) is 11.6 Å². The average molecular weight is 364 g/mol. The number of nitrogens with zero attached hydrogens (tertiary/aromatic N) is 1. The first-order valence-corrected chi connectivity index (χ1v) is 8.74. The molecule has 1 amide bonds. The number of furan rings is 1. The molecule has 1 heterocycles. The highest BCUT2D eigenvalue weighted by molar-refractivity contribution is 6.03. The maximum absolute atomic E-state index is 12.6. The Kier molecular flexibility index (Phi) is 5.35. The number of hydrogen-bond acceptors (Lipinski definition) is 4. The largest absolute Gasteiger partial charge is 0.451 e. The van der Waals surface area contributed by atoms with Gasteiger partial charge in [-0.15, -0.1) is 0 Å². The van der Waals surface area contributed by atoms with E-state index < -0.39 is 4.92 Å². The number of benzene rings is 2. The van der Waals surface area contributed by atoms with Crippen LogP contribution in [0.3, 0.4) is 0 Å². The number of nitrogens with one attached hydrogen (secondary N) is 1. The van der Waals surface area contributed by atoms with Crippen LogP contribution in [0.2, 0.25) is 0 Å². The first-order chi connectivity index (χ1) is 13.0. The SMILES string of the molecule is CCC(C)c1ccccc1NC(=O)c1ccc(-c2cccc([N+](=O)[O-])c2)o1. The van der Waals surface area contributed by atoms with Crippen molar-refractivity contribution in [3.63, 3.8) is 0 Å². The standard InChI is InChI=1S/C21H20N2O4/c1-3-14(2)17-9-4-5-10-18(17)22-21(24)20-12-11-19(27-20)15-7-6-8-16(13-15)23(25)26/h4-14H,3H2,1-2H3,(H,22,24). The van der Waals surface area contributed by atoms with Crippen molar-refractivity contribution in [2.75, 3.05) is 5.32 Å². The molecule has 6 nitrogen and oxygen atoms in total. The highest BCUT2D eigenvalue weighted by Gasteiger charge is 2.16. The fraction of sp³-hybridized carbons (Fsp3) is 0.190. The smallest absolute Gasteiger partial charge is 0.291 e. The topological polar surface area (TPSA) is 85.4 Å². The van der Waals surface area contributed by atoms with E-state index in [-0.39, 0.29) is 17.4 Å². The lowest BCUT2D eigenvalue weighted by molar-refractivity contribution is -0.384. The molecular formula is C21H20N2O4. The van der Waals surface area contributed by atoms with E-state index in [1.807, 2.05) is 24.3 Å². The van der Waals surface area contributed by atoms with Gasteiger partial charge in [-0.25, -0.2) is 0 Å². The van der Waals surface area contributed by atoms with Gasteiger partial charge in [0.05, 0.1) is 4.92 Å². The van der Waals surface area contributed by atoms with Crippen molar-refractivity contribution in [1.29, 1.82) is 0 Å². The lowest BCUT2D eigenvalue weighted by Gasteiger charge is -2.15. The molecule has 0 radical (unpaired) electrons. The van der Waals surface area contributed by atoms with E-state index in [9.17, 15) is 14.9 Å². The fourth-order valence-corrected chi connectivity index (χ4v) is 2.83. The minimum Gasteiger partial charge on any atom is -0.451 e. The molecule has 3 rings (SSSR count). The molecule has 1 aromatic heterocycles. The van der Waals surface area contributed by atoms with Crippen molar-refractivity contribution in [3.05, 3.63) is 82.1 Å². The summed E-state index contributed by atoms with van der Waals surface area (Å²) in [5.74, 6) is 0.510. The summed E-state index contributed by atoms with van der Waals surface area (Å²) in [6, 6.07) is 17.0. The summed E-state index contributed by atoms with van der Waals surface area (Å²) in [5, 5.41) is 13.8. The molecule has 138 valence electrons. The first kappa shape index (κ1) is 18.4. The zero-order valence-electron chi connectivity index (χ0n) is 15.1. The Morgan fingerprint density at radius 3 is 2.67 bits per heavy atom. The van der Waals surface area contributed by atoms with Crippen molar-refractivity contribution < 1.29 is 14.1 Å². The molecule has 6 heteroatoms. The molecule has 0 bridgehead atoms. The predicted molar refractivity (Wildman–Crippen MR) is 104 cm³/mol. The molecule has 0 saturated carbocycles. The van der Waals surface area contributed by atoms with Crippen LogP contribution in [0.1, 0.15) is 42.3 Å². The van der Waals surface area contributed by atoms with Crippen LogP contribution in [-0.2, 0) is 0 Å². The molecule has 0 fully saturated rings. The van der Waals surface area contributed by atoms with E-state index >= 15 is 0 Å². The van der Waals surface area contributed by atoms with Gasteiger partial charge in [0.2, 0.25) is 0 Å². The first-order valence-electron chi connectivity index (χ1n) is 8.74. The zero-order valence-corrected chi connectivity index (χ0v) is 15.1. The van der Waals surface area contributed by atoms with Crippen molar-refractivity contribution in [1.82, 2.24) is 0 Å². The Bertz CT molecular complexity index is 978. The number of carbonyl (C=O) groups is 1. The van der Waals surface area contributed by atoms with E-state index in [1.165, 1.54) is 12.1 Å². The van der Waals surface area contributed by atoms with Crippen LogP contribution < -0.4 is 5.32 Å². The van der Waals surface area contributed by atoms with Gasteiger partial charge in [-0.05, 0) is 36.1 Å². The third-order valence-electron chi connectivity index (χ3n) is 4.52. The lowest BCUT2D eigenvalue weighted by atomic mass is 9.97. The van der Waals surface area contributed by atoms with Gasteiger partial charge < -0.3 is 9.73 Å². The molecule has 1 atom stereocenters. The quantitative estimate of drug-likeness (QED) is 0.454. The molecule has 0 aliphatic rings. The Morgan fingerprint density at radius 1 is 1.15 bits per heavy atom. The molecule has 3 aromatic rings. The van der Waals surface area contributed by atoms with Gasteiger partial charge in [-0.3, -0.25) is 14.9 Å². The summed E-state index contributed by atoms with van der Waals surface area (Å²) in [6.07, 6.45) is 0.963. The van der Waals surface area contributed by atoms with Crippen LogP contribution in [0, 0.1) is 10.1 Å². The third-order valence-corrected chi connectivity index (χ3v) is 4.52. The minimum atomic E-state index is -0.466. The molecule has 2 aromatic carbocycles. The van der Waals surface area contributed by atoms with Crippen LogP contribution >= 0.6 is 0 Å². The van der Waals surface area contributed by atoms with Crippen molar-refractivity contribution >= 4 is 17.3 Å². The second-order valence-corrected chi connectivity index (χ2v) is 6.32. The summed E-state index contributed by atoms with van der Waals surface area (Å²) >= 11 is 0. The zero-order chi connectivity index (χ0) is 19.4. The van der Waals surface area contributed by atoms with E-state index in [2.05, 4.69) is 19.2 Å². The van der Waals surface area contributed by atoms with Crippen LogP contribution in [0.15, 0.2) is 65.1 Å². The van der Waals surface area contributed by atoms with Crippen molar-refractivity contribution in [3.8, 4) is 11.3 Å². The number of carbonyl (C=O) groups excluding carboxylic acids is 1. The lowest BCUT2D eigenvalue weighted by Crippen LogP contribution is -2.13. The van der Waals surface area contributed by atoms with Gasteiger partial charge in [0.1, 0.15) is 5.76 Å². The summed E-state index contributed by atoms with van der Waals surface area (Å²) in [7, 11) is 0. The molecule has 1 N–H and O–H groups in total. The number of para-hydroxylation sites is 1. The maximum atomic E-state index is 12.6. The number of anilines is 1. The highest BCUT2D eigenvalue weighted by atomic mass is 16.6. The number of nitro groups is 1. The summed E-state index contributed by atoms with van der Waals surface area (Å²) in [6.45, 7) is 4.21. The van der Waals surface area contributed by atoms with Gasteiger partial charge in [0, 0.05) is 23.4 Å². The van der Waals surface area contributed by atoms with E-state index in [4.69, 9.17) is 4.42 Å². The summed E-state index contributed by atoms with van der Waals surface area (Å²) in [4.78, 5) is 23.0. The molecule has 0 aliphatic carbocycles. The number of rotatable bonds is 6. The Balaban J connectivity index is 1.82. The number of non-ortho nitro benzene ring substituents is 1. The van der Waals surface area contributed by atoms with Crippen molar-refractivity contribution in [2.45, 2.75) is 26.2 Å². The highest BCUT2D eigenvalue weighted by Crippen LogP contribution is 2.28. The van der Waals surface area contributed by atoms with Crippen LogP contribution in [0.5, 0.6) is 0 Å². The monoisotopic (exact) mass is 364 g/mol. The van der Waals surface area contributed by atoms with Crippen LogP contribution in [0.25, 0.3) is 11.3 Å². The van der Waals surface area contributed by atoms with Gasteiger partial charge in [-0.2, -0.15) is 0 Å². The molecular weight excluding hydrogens is 344 g/mol. The Labute approximate surface area is 157 Å². The molecule has 0 aliphatic heterocycles. The fourth-order valence-electron chi connectivity index (χ4n) is 2.83. The Hall–Kier alpha value is -3.41. The van der Waals surface area contributed by atoms with Gasteiger partial charge in [0.15, 0.2) is 5.76 Å². The second kappa shape index (κ2) is 7.86. The van der Waals surface area contributed by atoms with Crippen LogP contribution in [-0.4, -0.2) is 10.8 Å². The Morgan fingerprint density at radius 2 is 1.93 bits per heavy atom. The number of hydrogen-bond donors (Lipinski definition) is 1. The van der Waals surface area contributed by atoms with Crippen molar-refractivity contribution in [2.24, 2.45) is 0 Å². The maximum Gasteiger partial charge on any atom is 0.291 e. The third kappa shape index (κ3) is 4.06. The summed E-state index contributed by atoms with van der Waals surface area (Å²) in [5.41, 5.74) is 2.34. The molecule has 0 saturated heterocycles. The average Bonchev–Trinajstić information content (AvgIpc) is 3.18. The number of amides is 1. The predicted octanol–water partition coefficient (Wildman–Crippen LogP) is 5.62. The molecule has 27 heavy (non-hydrogen) atoms. The molecule has 0 spiro atoms.